The van der Waals surface area contributed by atoms with Crippen LogP contribution in [0.4, 0.5) is 17.1 Å². The van der Waals surface area contributed by atoms with Crippen LogP contribution < -0.4 is 4.90 Å². The minimum absolute atomic E-state index is 0.185. The summed E-state index contributed by atoms with van der Waals surface area (Å²) >= 11 is 0. The molecule has 0 saturated heterocycles. The number of anilines is 3. The average molecular weight is 691 g/mol. The molecule has 9 aromatic rings. The molecule has 0 heterocycles. The van der Waals surface area contributed by atoms with Crippen molar-refractivity contribution in [3.8, 4) is 44.5 Å². The Hall–Kier alpha value is -6.96. The Bertz CT molecular complexity index is 3130. The lowest BCUT2D eigenvalue weighted by Gasteiger charge is -2.32. The highest BCUT2D eigenvalue weighted by molar-refractivity contribution is 6.06. The number of rotatable bonds is 5. The Labute approximate surface area is 323 Å². The highest BCUT2D eigenvalue weighted by atomic mass is 15.1. The fourth-order valence-electron chi connectivity index (χ4n) is 9.09. The summed E-state index contributed by atoms with van der Waals surface area (Å²) in [5, 5.41) is 2.46. The average Bonchev–Trinajstić information content (AvgIpc) is 3.76. The summed E-state index contributed by atoms with van der Waals surface area (Å²) in [5.41, 5.74) is 15.3. The molecule has 0 aromatic heterocycles. The molecule has 0 fully saturated rings. The van der Waals surface area contributed by atoms with Gasteiger partial charge in [-0.2, -0.15) is 0 Å². The van der Waals surface area contributed by atoms with Gasteiger partial charge in [0.05, 0.1) is 12.3 Å². The third-order valence-electron chi connectivity index (χ3n) is 11.4. The first-order valence-corrected chi connectivity index (χ1v) is 18.4. The van der Waals surface area contributed by atoms with Crippen molar-refractivity contribution in [2.75, 3.05) is 4.90 Å². The molecule has 1 atom stereocenters. The van der Waals surface area contributed by atoms with E-state index >= 15 is 0 Å². The van der Waals surface area contributed by atoms with Crippen LogP contribution in [-0.4, -0.2) is 0 Å². The van der Waals surface area contributed by atoms with Gasteiger partial charge < -0.3 is 4.90 Å². The van der Waals surface area contributed by atoms with Gasteiger partial charge in [-0.15, -0.1) is 0 Å². The minimum Gasteiger partial charge on any atom is -0.310 e. The summed E-state index contributed by atoms with van der Waals surface area (Å²) in [6, 6.07) is 63.0. The fraction of sp³-hybridized carbons (Fsp3) is 0.0189. The second kappa shape index (κ2) is 12.0. The third kappa shape index (κ3) is 4.45. The largest absolute Gasteiger partial charge is 0.310 e. The van der Waals surface area contributed by atoms with E-state index in [-0.39, 0.29) is 29.7 Å². The minimum atomic E-state index is -0.550. The maximum atomic E-state index is 8.64. The van der Waals surface area contributed by atoms with Crippen molar-refractivity contribution in [3.05, 3.63) is 234 Å². The van der Waals surface area contributed by atoms with Gasteiger partial charge in [-0.3, -0.25) is 0 Å². The summed E-state index contributed by atoms with van der Waals surface area (Å²) in [5.74, 6) is 0. The molecule has 1 nitrogen and oxygen atoms in total. The molecule has 2 aliphatic rings. The number of hydrogen-bond acceptors (Lipinski definition) is 1. The maximum absolute atomic E-state index is 8.64. The van der Waals surface area contributed by atoms with E-state index in [2.05, 4.69) is 144 Å². The SMILES string of the molecule is [2H]c1c([2H])c([2H])c(-c2ccc(N(c3ccc(-c4ccccc4)cc3)c3ccc4c(c3)C3(c5ccccc5-4)c4ccccc4-c4c3ccc3ccccc43)cc2)c([2H])c1[2H]. The van der Waals surface area contributed by atoms with Crippen molar-refractivity contribution in [2.45, 2.75) is 5.41 Å². The normalized spacial score (nSPS) is 16.0. The molecule has 0 saturated carbocycles. The topological polar surface area (TPSA) is 3.24 Å². The molecule has 0 aliphatic heterocycles. The molecule has 0 radical (unpaired) electrons. The Balaban J connectivity index is 1.14. The first kappa shape index (κ1) is 25.9. The van der Waals surface area contributed by atoms with E-state index in [0.29, 0.717) is 5.56 Å². The zero-order chi connectivity index (χ0) is 40.0. The first-order valence-electron chi connectivity index (χ1n) is 20.9. The quantitative estimate of drug-likeness (QED) is 0.174. The summed E-state index contributed by atoms with van der Waals surface area (Å²) in [6.45, 7) is 0. The number of benzene rings is 9. The van der Waals surface area contributed by atoms with E-state index in [1.807, 2.05) is 42.5 Å². The summed E-state index contributed by atoms with van der Waals surface area (Å²) in [6.07, 6.45) is 0. The number of nitrogens with zero attached hydrogens (tertiary/aromatic N) is 1. The van der Waals surface area contributed by atoms with E-state index in [1.54, 1.807) is 0 Å². The maximum Gasteiger partial charge on any atom is 0.0726 e. The number of fused-ring (bicyclic) bond motifs is 12. The second-order valence-electron chi connectivity index (χ2n) is 14.1. The van der Waals surface area contributed by atoms with Crippen LogP contribution in [0.5, 0.6) is 0 Å². The molecular formula is C53H35N. The van der Waals surface area contributed by atoms with Crippen molar-refractivity contribution in [1.82, 2.24) is 0 Å². The van der Waals surface area contributed by atoms with Crippen LogP contribution in [0.3, 0.4) is 0 Å². The zero-order valence-electron chi connectivity index (χ0n) is 34.3. The first-order chi connectivity index (χ1) is 28.9. The van der Waals surface area contributed by atoms with Crippen molar-refractivity contribution in [3.63, 3.8) is 0 Å². The second-order valence-corrected chi connectivity index (χ2v) is 14.1. The van der Waals surface area contributed by atoms with Crippen molar-refractivity contribution >= 4 is 27.8 Å². The van der Waals surface area contributed by atoms with Gasteiger partial charge in [0.15, 0.2) is 0 Å². The Morgan fingerprint density at radius 2 is 0.926 bits per heavy atom. The van der Waals surface area contributed by atoms with Crippen LogP contribution in [0.2, 0.25) is 0 Å². The molecular weight excluding hydrogens is 651 g/mol. The molecule has 54 heavy (non-hydrogen) atoms. The van der Waals surface area contributed by atoms with Gasteiger partial charge in [0, 0.05) is 17.1 Å². The Morgan fingerprint density at radius 1 is 0.370 bits per heavy atom. The Kier molecular flexibility index (Phi) is 5.78. The van der Waals surface area contributed by atoms with E-state index in [0.717, 1.165) is 28.2 Å². The monoisotopic (exact) mass is 690 g/mol. The summed E-state index contributed by atoms with van der Waals surface area (Å²) in [4.78, 5) is 2.25. The van der Waals surface area contributed by atoms with E-state index < -0.39 is 11.5 Å². The standard InChI is InChI=1S/C53H35N/c1-3-13-36(14-4-1)38-23-28-41(29-24-38)54(42-30-25-39(26-31-42)37-15-5-2-6-16-37)43-32-33-46-45-19-9-11-21-48(45)53(51(46)35-43)49-22-12-10-20-47(49)52-44-18-8-7-17-40(44)27-34-50(52)53/h1-35H/i1D,3D,4D,13D,14D. The van der Waals surface area contributed by atoms with Crippen LogP contribution in [0.15, 0.2) is 212 Å². The molecule has 1 heteroatoms. The van der Waals surface area contributed by atoms with Crippen molar-refractivity contribution in [2.24, 2.45) is 0 Å². The summed E-state index contributed by atoms with van der Waals surface area (Å²) < 4.78 is 42.0. The molecule has 2 aliphatic carbocycles. The van der Waals surface area contributed by atoms with Gasteiger partial charge in [0.25, 0.3) is 0 Å². The van der Waals surface area contributed by atoms with Crippen molar-refractivity contribution < 1.29 is 6.85 Å². The third-order valence-corrected chi connectivity index (χ3v) is 11.4. The van der Waals surface area contributed by atoms with E-state index in [1.165, 1.54) is 55.3 Å². The molecule has 11 rings (SSSR count). The molecule has 1 spiro atoms. The smallest absolute Gasteiger partial charge is 0.0726 e. The van der Waals surface area contributed by atoms with E-state index in [4.69, 9.17) is 6.85 Å². The zero-order valence-corrected chi connectivity index (χ0v) is 29.3. The molecule has 0 N–H and O–H groups in total. The van der Waals surface area contributed by atoms with Gasteiger partial charge in [0.1, 0.15) is 0 Å². The molecule has 252 valence electrons. The summed E-state index contributed by atoms with van der Waals surface area (Å²) in [7, 11) is 0. The van der Waals surface area contributed by atoms with Crippen molar-refractivity contribution in [1.29, 1.82) is 0 Å². The Morgan fingerprint density at radius 3 is 1.67 bits per heavy atom. The molecule has 0 amide bonds. The lowest BCUT2D eigenvalue weighted by molar-refractivity contribution is 0.794. The van der Waals surface area contributed by atoms with Crippen LogP contribution in [0.1, 0.15) is 29.1 Å². The van der Waals surface area contributed by atoms with Gasteiger partial charge in [-0.25, -0.2) is 0 Å². The van der Waals surface area contributed by atoms with Gasteiger partial charge >= 0.3 is 0 Å². The highest BCUT2D eigenvalue weighted by Crippen LogP contribution is 2.64. The van der Waals surface area contributed by atoms with Crippen LogP contribution in [0, 0.1) is 0 Å². The number of hydrogen-bond donors (Lipinski definition) is 0. The predicted molar refractivity (Wildman–Crippen MR) is 226 cm³/mol. The van der Waals surface area contributed by atoms with E-state index in [9.17, 15) is 0 Å². The molecule has 0 bridgehead atoms. The van der Waals surface area contributed by atoms with Crippen LogP contribution in [0.25, 0.3) is 55.3 Å². The molecule has 9 aromatic carbocycles. The van der Waals surface area contributed by atoms with Gasteiger partial charge in [-0.05, 0) is 114 Å². The molecule has 1 unspecified atom stereocenters. The fourth-order valence-corrected chi connectivity index (χ4v) is 9.09. The lowest BCUT2D eigenvalue weighted by atomic mass is 9.70. The highest BCUT2D eigenvalue weighted by Gasteiger charge is 2.52. The van der Waals surface area contributed by atoms with Crippen LogP contribution in [-0.2, 0) is 5.41 Å². The predicted octanol–water partition coefficient (Wildman–Crippen LogP) is 14.0. The van der Waals surface area contributed by atoms with Gasteiger partial charge in [0.2, 0.25) is 0 Å². The van der Waals surface area contributed by atoms with Gasteiger partial charge in [-0.1, -0.05) is 176 Å². The van der Waals surface area contributed by atoms with Crippen LogP contribution >= 0.6 is 0 Å². The lowest BCUT2D eigenvalue weighted by Crippen LogP contribution is -2.26.